The number of rotatable bonds is 17. The van der Waals surface area contributed by atoms with E-state index in [0.717, 1.165) is 47.6 Å². The lowest BCUT2D eigenvalue weighted by atomic mass is 10.1. The predicted octanol–water partition coefficient (Wildman–Crippen LogP) is 8.16. The van der Waals surface area contributed by atoms with E-state index in [9.17, 15) is 29.4 Å². The monoisotopic (exact) mass is 962 g/mol. The number of phenolic OH excluding ortho intramolecular Hbond substituents is 1. The number of aliphatic hydroxyl groups excluding tert-OH is 1. The molecule has 0 radical (unpaired) electrons. The molecule has 19 heteroatoms. The molecule has 9 N–H and O–H groups in total. The summed E-state index contributed by atoms with van der Waals surface area (Å²) in [5.74, 6) is 0.302. The third kappa shape index (κ3) is 12.7. The zero-order chi connectivity index (χ0) is 48.8. The van der Waals surface area contributed by atoms with Gasteiger partial charge in [-0.15, -0.1) is 0 Å². The van der Waals surface area contributed by atoms with Crippen molar-refractivity contribution in [3.05, 3.63) is 154 Å². The highest BCUT2D eigenvalue weighted by Crippen LogP contribution is 2.41. The minimum absolute atomic E-state index is 0.0348. The Kier molecular flexibility index (Phi) is 15.7. The number of benzene rings is 5. The van der Waals surface area contributed by atoms with E-state index in [2.05, 4.69) is 52.2 Å². The van der Waals surface area contributed by atoms with Crippen LogP contribution in [0.15, 0.2) is 146 Å². The third-order valence-electron chi connectivity index (χ3n) is 10.6. The van der Waals surface area contributed by atoms with Crippen LogP contribution >= 0.6 is 11.8 Å². The normalized spacial score (nSPS) is 15.1. The van der Waals surface area contributed by atoms with Crippen LogP contribution in [-0.2, 0) is 9.53 Å². The van der Waals surface area contributed by atoms with Crippen LogP contribution in [0.3, 0.4) is 0 Å². The number of carbonyl (C=O) groups excluding carboxylic acids is 4. The number of aliphatic hydroxyl groups is 1. The molecule has 0 unspecified atom stereocenters. The van der Waals surface area contributed by atoms with Gasteiger partial charge in [-0.05, 0) is 122 Å². The van der Waals surface area contributed by atoms with Gasteiger partial charge in [0.15, 0.2) is 11.5 Å². The summed E-state index contributed by atoms with van der Waals surface area (Å²) in [4.78, 5) is 66.4. The number of unbranched alkanes of at least 4 members (excludes halogenated alkanes) is 1. The Morgan fingerprint density at radius 2 is 1.33 bits per heavy atom. The molecule has 70 heavy (non-hydrogen) atoms. The minimum atomic E-state index is -0.693. The number of thioether (sulfide) groups is 1. The molecule has 5 aromatic carbocycles. The molecule has 0 fully saturated rings. The van der Waals surface area contributed by atoms with E-state index in [1.54, 1.807) is 67.6 Å². The van der Waals surface area contributed by atoms with Crippen molar-refractivity contribution >= 4 is 86.9 Å². The molecule has 0 saturated heterocycles. The zero-order valence-electron chi connectivity index (χ0n) is 38.0. The van der Waals surface area contributed by atoms with Crippen LogP contribution in [0.5, 0.6) is 11.5 Å². The van der Waals surface area contributed by atoms with Gasteiger partial charge in [-0.3, -0.25) is 14.8 Å². The number of phenols is 1. The second-order valence-corrected chi connectivity index (χ2v) is 16.8. The molecular formula is C51H50N10O8S. The van der Waals surface area contributed by atoms with E-state index in [1.807, 2.05) is 42.5 Å². The predicted molar refractivity (Wildman–Crippen MR) is 274 cm³/mol. The van der Waals surface area contributed by atoms with Gasteiger partial charge in [0, 0.05) is 59.1 Å². The number of amides is 5. The molecule has 0 aliphatic carbocycles. The zero-order valence-corrected chi connectivity index (χ0v) is 38.8. The van der Waals surface area contributed by atoms with Crippen molar-refractivity contribution in [2.45, 2.75) is 19.8 Å². The number of esters is 1. The Balaban J connectivity index is 0.861. The van der Waals surface area contributed by atoms with E-state index in [4.69, 9.17) is 9.47 Å². The maximum Gasteiger partial charge on any atom is 0.344 e. The fourth-order valence-electron chi connectivity index (χ4n) is 7.32. The Morgan fingerprint density at radius 3 is 1.89 bits per heavy atom. The molecule has 0 aromatic heterocycles. The quantitative estimate of drug-likeness (QED) is 0.0318. The summed E-state index contributed by atoms with van der Waals surface area (Å²) in [5, 5.41) is 42.6. The van der Waals surface area contributed by atoms with E-state index in [0.29, 0.717) is 58.5 Å². The lowest BCUT2D eigenvalue weighted by molar-refractivity contribution is -0.138. The van der Waals surface area contributed by atoms with Gasteiger partial charge in [0.1, 0.15) is 28.0 Å². The number of hydrogen-bond donors (Lipinski definition) is 9. The summed E-state index contributed by atoms with van der Waals surface area (Å²) >= 11 is 1.11. The molecule has 18 nitrogen and oxygen atoms in total. The SMILES string of the molecule is CCOC(=O)C1=C(O)/C(=C/c2ccc(OCCCCNC(=O)c3cc(NC(=O)Nc4ccc(C5=NCCN5)cc4)cc(NC(=O)Nc4ccc(C5=NCCN5)cc4)c3)c(O)c2)SC1=Nc1ccccc1. The van der Waals surface area contributed by atoms with Gasteiger partial charge < -0.3 is 56.9 Å². The molecule has 0 saturated carbocycles. The third-order valence-corrected chi connectivity index (χ3v) is 11.7. The number of amidine groups is 2. The fourth-order valence-corrected chi connectivity index (χ4v) is 8.35. The van der Waals surface area contributed by atoms with Crippen molar-refractivity contribution in [3.8, 4) is 11.5 Å². The number of urea groups is 2. The Labute approximate surface area is 407 Å². The number of nitrogens with zero attached hydrogens (tertiary/aromatic N) is 3. The van der Waals surface area contributed by atoms with Gasteiger partial charge in [0.05, 0.1) is 36.9 Å². The van der Waals surface area contributed by atoms with Gasteiger partial charge in [0.2, 0.25) is 0 Å². The van der Waals surface area contributed by atoms with Gasteiger partial charge in [0.25, 0.3) is 5.91 Å². The molecule has 8 rings (SSSR count). The summed E-state index contributed by atoms with van der Waals surface area (Å²) in [6.07, 6.45) is 2.67. The van der Waals surface area contributed by atoms with E-state index in [-0.39, 0.29) is 59.5 Å². The summed E-state index contributed by atoms with van der Waals surface area (Å²) in [7, 11) is 0. The first-order valence-corrected chi connectivity index (χ1v) is 23.4. The van der Waals surface area contributed by atoms with Gasteiger partial charge >= 0.3 is 18.0 Å². The number of aromatic hydroxyl groups is 1. The van der Waals surface area contributed by atoms with Crippen LogP contribution in [0.4, 0.5) is 38.0 Å². The largest absolute Gasteiger partial charge is 0.506 e. The van der Waals surface area contributed by atoms with E-state index >= 15 is 0 Å². The van der Waals surface area contributed by atoms with Crippen LogP contribution < -0.4 is 42.0 Å². The summed E-state index contributed by atoms with van der Waals surface area (Å²) in [5.41, 5.74) is 4.68. The molecule has 5 aromatic rings. The second kappa shape index (κ2) is 22.9. The first kappa shape index (κ1) is 47.9. The number of hydrogen-bond acceptors (Lipinski definition) is 14. The Bertz CT molecular complexity index is 2820. The highest BCUT2D eigenvalue weighted by molar-refractivity contribution is 8.18. The molecule has 3 aliphatic rings. The summed E-state index contributed by atoms with van der Waals surface area (Å²) < 4.78 is 11.0. The molecule has 0 spiro atoms. The number of para-hydroxylation sites is 1. The van der Waals surface area contributed by atoms with E-state index < -0.39 is 23.9 Å². The molecule has 3 heterocycles. The lowest BCUT2D eigenvalue weighted by Gasteiger charge is -2.14. The number of aliphatic imine (C=N–C) groups is 3. The van der Waals surface area contributed by atoms with Gasteiger partial charge in [-0.1, -0.05) is 36.0 Å². The van der Waals surface area contributed by atoms with Crippen LogP contribution in [0.25, 0.3) is 6.08 Å². The molecule has 0 atom stereocenters. The van der Waals surface area contributed by atoms with Crippen molar-refractivity contribution in [2.24, 2.45) is 15.0 Å². The van der Waals surface area contributed by atoms with Crippen LogP contribution in [0.2, 0.25) is 0 Å². The van der Waals surface area contributed by atoms with Crippen LogP contribution in [-0.4, -0.2) is 96.8 Å². The average Bonchev–Trinajstić information content (AvgIpc) is 4.15. The highest BCUT2D eigenvalue weighted by Gasteiger charge is 2.33. The number of carbonyl (C=O) groups is 4. The van der Waals surface area contributed by atoms with E-state index in [1.165, 1.54) is 18.2 Å². The first-order chi connectivity index (χ1) is 34.1. The summed E-state index contributed by atoms with van der Waals surface area (Å²) in [6, 6.07) is 31.7. The Morgan fingerprint density at radius 1 is 0.729 bits per heavy atom. The number of nitrogens with one attached hydrogen (secondary N) is 7. The van der Waals surface area contributed by atoms with Crippen molar-refractivity contribution in [3.63, 3.8) is 0 Å². The average molecular weight is 963 g/mol. The highest BCUT2D eigenvalue weighted by atomic mass is 32.2. The maximum absolute atomic E-state index is 13.5. The standard InChI is InChI=1S/C51H50N10O8S/c1-2-68-49(65)43-44(63)42(70-48(43)57-35-8-4-3-5-9-35)27-31-10-19-41(40(62)26-31)69-25-7-6-20-56-47(64)34-28-38(60-50(66)58-36-15-11-32(12-16-36)45-52-21-22-53-45)30-39(29-34)61-51(67)59-37-17-13-33(14-18-37)46-54-23-24-55-46/h3-5,8-19,26-30,62-63H,2,6-7,20-25H2,1H3,(H,52,53)(H,54,55)(H,56,64)(H2,58,60,66)(H2,59,61,67)/b42-27-,57-48?. The molecular weight excluding hydrogens is 913 g/mol. The topological polar surface area (TPSA) is 248 Å². The molecule has 0 bridgehead atoms. The Hall–Kier alpha value is -8.58. The van der Waals surface area contributed by atoms with Crippen molar-refractivity contribution in [1.29, 1.82) is 0 Å². The van der Waals surface area contributed by atoms with Crippen LogP contribution in [0, 0.1) is 0 Å². The maximum atomic E-state index is 13.5. The molecule has 3 aliphatic heterocycles. The smallest absolute Gasteiger partial charge is 0.344 e. The number of ether oxygens (including phenoxy) is 2. The molecule has 358 valence electrons. The lowest BCUT2D eigenvalue weighted by Crippen LogP contribution is -2.26. The fraction of sp³-hybridized carbons (Fsp3) is 0.196. The van der Waals surface area contributed by atoms with Crippen molar-refractivity contribution in [2.75, 3.05) is 67.2 Å². The van der Waals surface area contributed by atoms with Gasteiger partial charge in [-0.25, -0.2) is 19.4 Å². The van der Waals surface area contributed by atoms with Crippen molar-refractivity contribution < 1.29 is 38.9 Å². The second-order valence-electron chi connectivity index (χ2n) is 15.8. The van der Waals surface area contributed by atoms with Crippen LogP contribution in [0.1, 0.15) is 46.8 Å². The first-order valence-electron chi connectivity index (χ1n) is 22.6. The van der Waals surface area contributed by atoms with Gasteiger partial charge in [-0.2, -0.15) is 0 Å². The summed E-state index contributed by atoms with van der Waals surface area (Å²) in [6.45, 7) is 5.27. The number of anilines is 4. The molecule has 5 amide bonds. The van der Waals surface area contributed by atoms with Crippen molar-refractivity contribution in [1.82, 2.24) is 16.0 Å². The minimum Gasteiger partial charge on any atom is -0.506 e.